The molecule has 12 heteroatoms. The number of carbonyl (C=O) groups excluding carboxylic acids is 1. The molecule has 0 fully saturated rings. The van der Waals surface area contributed by atoms with Crippen LogP contribution < -0.4 is 19.5 Å². The number of aromatic nitrogens is 4. The predicted octanol–water partition coefficient (Wildman–Crippen LogP) is 2.94. The molecule has 174 valence electrons. The number of anilines is 2. The molecule has 0 saturated carbocycles. The summed E-state index contributed by atoms with van der Waals surface area (Å²) in [5.41, 5.74) is 1.91. The van der Waals surface area contributed by atoms with Crippen LogP contribution in [0.5, 0.6) is 11.5 Å². The van der Waals surface area contributed by atoms with E-state index in [0.29, 0.717) is 22.9 Å². The third kappa shape index (κ3) is 4.96. The van der Waals surface area contributed by atoms with E-state index in [2.05, 4.69) is 30.2 Å². The number of hydrogen-bond acceptors (Lipinski definition) is 8. The summed E-state index contributed by atoms with van der Waals surface area (Å²) in [4.78, 5) is 20.3. The van der Waals surface area contributed by atoms with E-state index in [1.165, 1.54) is 43.8 Å². The van der Waals surface area contributed by atoms with Crippen molar-refractivity contribution in [2.75, 3.05) is 24.3 Å². The molecular weight excluding hydrogens is 460 g/mol. The lowest BCUT2D eigenvalue weighted by Crippen LogP contribution is -2.15. The summed E-state index contributed by atoms with van der Waals surface area (Å²) < 4.78 is 37.8. The lowest BCUT2D eigenvalue weighted by atomic mass is 10.1. The maximum atomic E-state index is 12.6. The number of nitrogens with one attached hydrogen (secondary N) is 3. The Labute approximate surface area is 195 Å². The molecule has 4 rings (SSSR count). The number of rotatable bonds is 8. The van der Waals surface area contributed by atoms with Crippen LogP contribution in [0.1, 0.15) is 10.5 Å². The molecule has 3 N–H and O–H groups in total. The van der Waals surface area contributed by atoms with Crippen molar-refractivity contribution in [3.63, 3.8) is 0 Å². The summed E-state index contributed by atoms with van der Waals surface area (Å²) in [6.45, 7) is 0. The molecule has 0 saturated heterocycles. The summed E-state index contributed by atoms with van der Waals surface area (Å²) in [5, 5.41) is 9.58. The van der Waals surface area contributed by atoms with Crippen LogP contribution in [-0.4, -0.2) is 48.7 Å². The first-order chi connectivity index (χ1) is 16.4. The first-order valence-corrected chi connectivity index (χ1v) is 11.4. The van der Waals surface area contributed by atoms with Crippen molar-refractivity contribution >= 4 is 27.6 Å². The van der Waals surface area contributed by atoms with Gasteiger partial charge in [0.25, 0.3) is 15.9 Å². The summed E-state index contributed by atoms with van der Waals surface area (Å²) in [5.74, 6) is 0.643. The van der Waals surface area contributed by atoms with Crippen molar-refractivity contribution < 1.29 is 22.7 Å². The quantitative estimate of drug-likeness (QED) is 0.349. The van der Waals surface area contributed by atoms with Crippen LogP contribution in [0.15, 0.2) is 71.9 Å². The Hall–Kier alpha value is -4.45. The molecule has 2 heterocycles. The predicted molar refractivity (Wildman–Crippen MR) is 124 cm³/mol. The van der Waals surface area contributed by atoms with Crippen molar-refractivity contribution in [1.82, 2.24) is 20.2 Å². The van der Waals surface area contributed by atoms with Crippen LogP contribution in [0, 0.1) is 0 Å². The summed E-state index contributed by atoms with van der Waals surface area (Å²) >= 11 is 0. The third-order valence-electron chi connectivity index (χ3n) is 4.72. The molecule has 0 atom stereocenters. The van der Waals surface area contributed by atoms with Crippen LogP contribution >= 0.6 is 0 Å². The van der Waals surface area contributed by atoms with Gasteiger partial charge in [0.15, 0.2) is 11.5 Å². The molecule has 0 radical (unpaired) electrons. The topological polar surface area (TPSA) is 148 Å². The van der Waals surface area contributed by atoms with E-state index in [1.54, 1.807) is 37.4 Å². The Morgan fingerprint density at radius 2 is 1.65 bits per heavy atom. The van der Waals surface area contributed by atoms with Gasteiger partial charge in [-0.2, -0.15) is 5.10 Å². The number of ether oxygens (including phenoxy) is 2. The first-order valence-electron chi connectivity index (χ1n) is 9.88. The number of nitrogens with zero attached hydrogens (tertiary/aromatic N) is 3. The molecule has 11 nitrogen and oxygen atoms in total. The van der Waals surface area contributed by atoms with Gasteiger partial charge in [-0.3, -0.25) is 9.89 Å². The molecule has 0 aliphatic heterocycles. The van der Waals surface area contributed by atoms with Crippen LogP contribution in [0.4, 0.5) is 11.6 Å². The largest absolute Gasteiger partial charge is 0.493 e. The van der Waals surface area contributed by atoms with E-state index in [1.807, 2.05) is 0 Å². The molecule has 1 amide bonds. The van der Waals surface area contributed by atoms with Crippen molar-refractivity contribution in [3.8, 4) is 22.8 Å². The van der Waals surface area contributed by atoms with E-state index in [9.17, 15) is 13.2 Å². The van der Waals surface area contributed by atoms with Gasteiger partial charge < -0.3 is 14.8 Å². The summed E-state index contributed by atoms with van der Waals surface area (Å²) in [6, 6.07) is 14.2. The monoisotopic (exact) mass is 480 g/mol. The molecule has 2 aromatic heterocycles. The molecule has 0 unspecified atom stereocenters. The summed E-state index contributed by atoms with van der Waals surface area (Å²) in [7, 11) is -0.791. The minimum Gasteiger partial charge on any atom is -0.493 e. The maximum Gasteiger partial charge on any atom is 0.273 e. The smallest absolute Gasteiger partial charge is 0.273 e. The average Bonchev–Trinajstić information content (AvgIpc) is 3.35. The maximum absolute atomic E-state index is 12.6. The van der Waals surface area contributed by atoms with Gasteiger partial charge in [-0.25, -0.2) is 23.1 Å². The van der Waals surface area contributed by atoms with Crippen molar-refractivity contribution in [1.29, 1.82) is 0 Å². The number of H-pyrrole nitrogens is 1. The normalized spacial score (nSPS) is 11.0. The Balaban J connectivity index is 1.45. The second-order valence-electron chi connectivity index (χ2n) is 6.89. The Morgan fingerprint density at radius 1 is 0.941 bits per heavy atom. The van der Waals surface area contributed by atoms with Gasteiger partial charge in [0.05, 0.1) is 24.8 Å². The first kappa shape index (κ1) is 22.7. The average molecular weight is 481 g/mol. The highest BCUT2D eigenvalue weighted by Gasteiger charge is 2.17. The van der Waals surface area contributed by atoms with Gasteiger partial charge in [0, 0.05) is 23.6 Å². The standard InChI is InChI=1S/C22H20N6O5S/c1-32-19-9-4-14(12-20(19)33-2)17-13-18(27-26-17)21(29)25-15-5-7-16(8-6-15)34(30,31)28-22-23-10-3-11-24-22/h3-13H,1-2H3,(H,25,29)(H,26,27)(H,23,24,28). The van der Waals surface area contributed by atoms with Crippen molar-refractivity contribution in [2.24, 2.45) is 0 Å². The zero-order valence-electron chi connectivity index (χ0n) is 18.1. The number of amides is 1. The van der Waals surface area contributed by atoms with E-state index in [-0.39, 0.29) is 16.5 Å². The van der Waals surface area contributed by atoms with E-state index in [0.717, 1.165) is 5.56 Å². The van der Waals surface area contributed by atoms with Gasteiger partial charge in [0.1, 0.15) is 5.69 Å². The second-order valence-corrected chi connectivity index (χ2v) is 8.58. The van der Waals surface area contributed by atoms with Gasteiger partial charge in [0.2, 0.25) is 5.95 Å². The molecule has 0 bridgehead atoms. The number of sulfonamides is 1. The highest BCUT2D eigenvalue weighted by molar-refractivity contribution is 7.92. The molecular formula is C22H20N6O5S. The lowest BCUT2D eigenvalue weighted by Gasteiger charge is -2.08. The minimum absolute atomic E-state index is 0.00442. The molecule has 0 aliphatic rings. The van der Waals surface area contributed by atoms with E-state index >= 15 is 0 Å². The number of carbonyl (C=O) groups is 1. The highest BCUT2D eigenvalue weighted by atomic mass is 32.2. The van der Waals surface area contributed by atoms with Gasteiger partial charge >= 0.3 is 0 Å². The zero-order valence-corrected chi connectivity index (χ0v) is 19.0. The number of aromatic amines is 1. The number of hydrogen-bond donors (Lipinski definition) is 3. The summed E-state index contributed by atoms with van der Waals surface area (Å²) in [6.07, 6.45) is 2.85. The van der Waals surface area contributed by atoms with Crippen LogP contribution in [-0.2, 0) is 10.0 Å². The van der Waals surface area contributed by atoms with E-state index < -0.39 is 15.9 Å². The van der Waals surface area contributed by atoms with Crippen LogP contribution in [0.25, 0.3) is 11.3 Å². The van der Waals surface area contributed by atoms with E-state index in [4.69, 9.17) is 9.47 Å². The molecule has 0 spiro atoms. The lowest BCUT2D eigenvalue weighted by molar-refractivity contribution is 0.102. The molecule has 4 aromatic rings. The Morgan fingerprint density at radius 3 is 2.32 bits per heavy atom. The van der Waals surface area contributed by atoms with Crippen LogP contribution in [0.3, 0.4) is 0 Å². The SMILES string of the molecule is COc1ccc(-c2cc(C(=O)Nc3ccc(S(=O)(=O)Nc4ncccn4)cc3)[nH]n2)cc1OC. The fourth-order valence-corrected chi connectivity index (χ4v) is 3.99. The van der Waals surface area contributed by atoms with Crippen LogP contribution in [0.2, 0.25) is 0 Å². The molecule has 2 aromatic carbocycles. The number of methoxy groups -OCH3 is 2. The Bertz CT molecular complexity index is 1410. The van der Waals surface area contributed by atoms with Gasteiger partial charge in [-0.1, -0.05) is 0 Å². The van der Waals surface area contributed by atoms with Gasteiger partial charge in [-0.15, -0.1) is 0 Å². The highest BCUT2D eigenvalue weighted by Crippen LogP contribution is 2.31. The molecule has 0 aliphatic carbocycles. The minimum atomic E-state index is -3.87. The fraction of sp³-hybridized carbons (Fsp3) is 0.0909. The second kappa shape index (κ2) is 9.58. The third-order valence-corrected chi connectivity index (χ3v) is 6.06. The zero-order chi connectivity index (χ0) is 24.1. The number of benzene rings is 2. The molecule has 34 heavy (non-hydrogen) atoms. The van der Waals surface area contributed by atoms with Gasteiger partial charge in [-0.05, 0) is 54.6 Å². The van der Waals surface area contributed by atoms with Crippen molar-refractivity contribution in [3.05, 3.63) is 72.7 Å². The van der Waals surface area contributed by atoms with Crippen molar-refractivity contribution in [2.45, 2.75) is 4.90 Å². The Kier molecular flexibility index (Phi) is 6.41. The fourth-order valence-electron chi connectivity index (χ4n) is 3.03.